The smallest absolute Gasteiger partial charge is 0.272 e. The number of benzene rings is 1. The van der Waals surface area contributed by atoms with E-state index in [9.17, 15) is 4.79 Å². The highest BCUT2D eigenvalue weighted by molar-refractivity contribution is 5.92. The number of rotatable bonds is 7. The maximum atomic E-state index is 12.4. The summed E-state index contributed by atoms with van der Waals surface area (Å²) in [4.78, 5) is 14.7. The molecule has 3 aromatic rings. The number of nitrogens with zero attached hydrogens (tertiary/aromatic N) is 5. The largest absolute Gasteiger partial charge is 0.345 e. The Kier molecular flexibility index (Phi) is 4.81. The topological polar surface area (TPSA) is 75.9 Å². The lowest BCUT2D eigenvalue weighted by molar-refractivity contribution is 0.0789. The highest BCUT2D eigenvalue weighted by Gasteiger charge is 2.30. The van der Waals surface area contributed by atoms with Crippen LogP contribution >= 0.6 is 0 Å². The van der Waals surface area contributed by atoms with E-state index in [0.29, 0.717) is 11.6 Å². The molecule has 5 rings (SSSR count). The molecule has 1 amide bonds. The van der Waals surface area contributed by atoms with Crippen molar-refractivity contribution in [1.29, 1.82) is 0 Å². The van der Waals surface area contributed by atoms with Crippen molar-refractivity contribution in [3.8, 4) is 0 Å². The number of likely N-dealkylation sites (tertiary alicyclic amines) is 1. The zero-order valence-corrected chi connectivity index (χ0v) is 16.2. The lowest BCUT2D eigenvalue weighted by atomic mass is 10.1. The van der Waals surface area contributed by atoms with E-state index in [1.54, 1.807) is 6.20 Å². The van der Waals surface area contributed by atoms with E-state index < -0.39 is 0 Å². The number of aromatic nitrogens is 4. The van der Waals surface area contributed by atoms with Crippen molar-refractivity contribution in [2.24, 2.45) is 0 Å². The summed E-state index contributed by atoms with van der Waals surface area (Å²) >= 11 is 0. The summed E-state index contributed by atoms with van der Waals surface area (Å²) in [6, 6.07) is 12.4. The van der Waals surface area contributed by atoms with E-state index in [0.717, 1.165) is 31.7 Å². The van der Waals surface area contributed by atoms with Gasteiger partial charge in [-0.1, -0.05) is 30.3 Å². The molecule has 148 valence electrons. The van der Waals surface area contributed by atoms with E-state index in [2.05, 4.69) is 43.8 Å². The van der Waals surface area contributed by atoms with Crippen LogP contribution in [0.4, 0.5) is 0 Å². The minimum atomic E-state index is -0.125. The number of amides is 1. The first kappa shape index (κ1) is 18.0. The second-order valence-electron chi connectivity index (χ2n) is 8.04. The monoisotopic (exact) mass is 388 g/mol. The third-order valence-corrected chi connectivity index (χ3v) is 5.53. The van der Waals surface area contributed by atoms with Crippen LogP contribution in [0.1, 0.15) is 45.9 Å². The number of carbonyl (C=O) groups is 1. The van der Waals surface area contributed by atoms with Crippen molar-refractivity contribution in [1.82, 2.24) is 30.2 Å². The van der Waals surface area contributed by atoms with Gasteiger partial charge in [-0.05, 0) is 36.0 Å². The van der Waals surface area contributed by atoms with Gasteiger partial charge < -0.3 is 5.32 Å². The molecule has 1 saturated heterocycles. The van der Waals surface area contributed by atoms with Gasteiger partial charge >= 0.3 is 0 Å². The Morgan fingerprint density at radius 3 is 2.69 bits per heavy atom. The first-order valence-corrected chi connectivity index (χ1v) is 10.1. The molecule has 2 fully saturated rings. The molecule has 1 saturated carbocycles. The van der Waals surface area contributed by atoms with E-state index in [4.69, 9.17) is 0 Å². The molecule has 1 aliphatic heterocycles. The number of hydrogen-bond donors (Lipinski definition) is 1. The van der Waals surface area contributed by atoms with Crippen molar-refractivity contribution >= 4 is 5.91 Å². The van der Waals surface area contributed by atoms with Crippen LogP contribution in [0.2, 0.25) is 0 Å². The van der Waals surface area contributed by atoms with Crippen LogP contribution < -0.4 is 5.32 Å². The second-order valence-corrected chi connectivity index (χ2v) is 8.04. The molecule has 0 spiro atoms. The average molecular weight is 388 g/mol. The maximum Gasteiger partial charge on any atom is 0.272 e. The molecule has 2 aromatic heterocycles. The van der Waals surface area contributed by atoms with Crippen LogP contribution in [0.3, 0.4) is 0 Å². The van der Waals surface area contributed by atoms with Gasteiger partial charge in [0.2, 0.25) is 0 Å². The molecule has 7 heteroatoms. The molecule has 1 N–H and O–H groups in total. The molecule has 0 bridgehead atoms. The van der Waals surface area contributed by atoms with E-state index in [1.807, 2.05) is 35.1 Å². The Morgan fingerprint density at radius 1 is 1.07 bits per heavy atom. The molecule has 2 aliphatic rings. The summed E-state index contributed by atoms with van der Waals surface area (Å²) in [5.41, 5.74) is 3.99. The Hall–Kier alpha value is -3.06. The van der Waals surface area contributed by atoms with Crippen molar-refractivity contribution < 1.29 is 4.79 Å². The third-order valence-electron chi connectivity index (χ3n) is 5.53. The van der Waals surface area contributed by atoms with Gasteiger partial charge in [0.1, 0.15) is 0 Å². The molecule has 1 aliphatic carbocycles. The number of hydrogen-bond acceptors (Lipinski definition) is 5. The zero-order valence-electron chi connectivity index (χ0n) is 16.2. The van der Waals surface area contributed by atoms with Crippen LogP contribution in [0, 0.1) is 0 Å². The molecule has 1 aromatic carbocycles. The summed E-state index contributed by atoms with van der Waals surface area (Å²) in [5.74, 6) is 0.444. The molecular weight excluding hydrogens is 364 g/mol. The molecule has 0 unspecified atom stereocenters. The Bertz CT molecular complexity index is 991. The van der Waals surface area contributed by atoms with Crippen molar-refractivity contribution in [3.05, 3.63) is 77.4 Å². The van der Waals surface area contributed by atoms with Gasteiger partial charge in [0.15, 0.2) is 5.69 Å². The lowest BCUT2D eigenvalue weighted by Crippen LogP contribution is -2.58. The standard InChI is InChI=1S/C22H24N6O/c29-22(21-8-19(10-23-26-21)18-6-7-18)25-20-14-27(15-20)11-17-9-24-28(13-17)12-16-4-2-1-3-5-16/h1-5,8-10,13,18,20H,6-7,11-12,14-15H2,(H,25,29). The van der Waals surface area contributed by atoms with E-state index in [-0.39, 0.29) is 11.9 Å². The van der Waals surface area contributed by atoms with Crippen LogP contribution in [-0.2, 0) is 13.1 Å². The van der Waals surface area contributed by atoms with Gasteiger partial charge in [0, 0.05) is 31.4 Å². The van der Waals surface area contributed by atoms with Gasteiger partial charge in [0.05, 0.1) is 25.0 Å². The van der Waals surface area contributed by atoms with Gasteiger partial charge in [-0.2, -0.15) is 10.2 Å². The van der Waals surface area contributed by atoms with Gasteiger partial charge in [-0.25, -0.2) is 0 Å². The van der Waals surface area contributed by atoms with Crippen LogP contribution in [0.25, 0.3) is 0 Å². The summed E-state index contributed by atoms with van der Waals surface area (Å²) in [6.45, 7) is 3.30. The SMILES string of the molecule is O=C(NC1CN(Cc2cnn(Cc3ccccc3)c2)C1)c1cc(C2CC2)cnn1. The minimum absolute atomic E-state index is 0.125. The quantitative estimate of drug-likeness (QED) is 0.672. The molecule has 29 heavy (non-hydrogen) atoms. The molecule has 0 radical (unpaired) electrons. The average Bonchev–Trinajstić information content (AvgIpc) is 3.48. The Morgan fingerprint density at radius 2 is 1.90 bits per heavy atom. The van der Waals surface area contributed by atoms with Crippen LogP contribution in [-0.4, -0.2) is 49.9 Å². The second kappa shape index (κ2) is 7.75. The Labute approximate surface area is 169 Å². The predicted molar refractivity (Wildman–Crippen MR) is 108 cm³/mol. The molecule has 3 heterocycles. The van der Waals surface area contributed by atoms with E-state index >= 15 is 0 Å². The predicted octanol–water partition coefficient (Wildman–Crippen LogP) is 2.21. The fraction of sp³-hybridized carbons (Fsp3) is 0.364. The summed E-state index contributed by atoms with van der Waals surface area (Å²) < 4.78 is 1.97. The number of nitrogens with one attached hydrogen (secondary N) is 1. The van der Waals surface area contributed by atoms with Crippen LogP contribution in [0.15, 0.2) is 55.0 Å². The number of carbonyl (C=O) groups excluding carboxylic acids is 1. The summed E-state index contributed by atoms with van der Waals surface area (Å²) in [5, 5.41) is 15.5. The van der Waals surface area contributed by atoms with E-state index in [1.165, 1.54) is 24.0 Å². The fourth-order valence-corrected chi connectivity index (χ4v) is 3.79. The van der Waals surface area contributed by atoms with Crippen molar-refractivity contribution in [2.75, 3.05) is 13.1 Å². The normalized spacial score (nSPS) is 17.1. The highest BCUT2D eigenvalue weighted by atomic mass is 16.2. The van der Waals surface area contributed by atoms with Crippen molar-refractivity contribution in [3.63, 3.8) is 0 Å². The summed E-state index contributed by atoms with van der Waals surface area (Å²) in [6.07, 6.45) is 8.17. The van der Waals surface area contributed by atoms with Gasteiger partial charge in [-0.15, -0.1) is 5.10 Å². The minimum Gasteiger partial charge on any atom is -0.345 e. The fourth-order valence-electron chi connectivity index (χ4n) is 3.79. The highest BCUT2D eigenvalue weighted by Crippen LogP contribution is 2.39. The first-order chi connectivity index (χ1) is 14.2. The third kappa shape index (κ3) is 4.35. The molecule has 0 atom stereocenters. The molecule has 7 nitrogen and oxygen atoms in total. The van der Waals surface area contributed by atoms with Crippen LogP contribution in [0.5, 0.6) is 0 Å². The van der Waals surface area contributed by atoms with Crippen molar-refractivity contribution in [2.45, 2.75) is 37.9 Å². The Balaban J connectivity index is 1.09. The summed E-state index contributed by atoms with van der Waals surface area (Å²) in [7, 11) is 0. The lowest BCUT2D eigenvalue weighted by Gasteiger charge is -2.39. The zero-order chi connectivity index (χ0) is 19.6. The van der Waals surface area contributed by atoms with Gasteiger partial charge in [0.25, 0.3) is 5.91 Å². The molecular formula is C22H24N6O. The van der Waals surface area contributed by atoms with Gasteiger partial charge in [-0.3, -0.25) is 14.4 Å². The first-order valence-electron chi connectivity index (χ1n) is 10.1. The maximum absolute atomic E-state index is 12.4.